The fraction of sp³-hybridized carbons (Fsp3) is 0.850. The number of unbranched alkanes of at least 4 members (excludes halogenated alkanes) is 11. The second-order valence-electron chi connectivity index (χ2n) is 6.91. The molecule has 23 heavy (non-hydrogen) atoms. The summed E-state index contributed by atoms with van der Waals surface area (Å²) in [6.07, 6.45) is 17.1. The smallest absolute Gasteiger partial charge is 0.335 e. The fourth-order valence-corrected chi connectivity index (χ4v) is 2.83. The fourth-order valence-electron chi connectivity index (χ4n) is 2.83. The number of rotatable bonds is 15. The van der Waals surface area contributed by atoms with E-state index in [1.54, 1.807) is 6.92 Å². The molecule has 0 aliphatic carbocycles. The first kappa shape index (κ1) is 20.2. The third kappa shape index (κ3) is 10.5. The van der Waals surface area contributed by atoms with Gasteiger partial charge in [0.1, 0.15) is 6.10 Å². The Bertz CT molecular complexity index is 338. The van der Waals surface area contributed by atoms with E-state index in [9.17, 15) is 4.79 Å². The van der Waals surface area contributed by atoms with Crippen LogP contribution in [0.1, 0.15) is 97.3 Å². The van der Waals surface area contributed by atoms with E-state index >= 15 is 0 Å². The Morgan fingerprint density at radius 2 is 1.39 bits per heavy atom. The molecule has 1 aliphatic heterocycles. The Morgan fingerprint density at radius 3 is 1.87 bits per heavy atom. The van der Waals surface area contributed by atoms with Gasteiger partial charge in [-0.15, -0.1) is 0 Å². The second-order valence-corrected chi connectivity index (χ2v) is 6.91. The maximum absolute atomic E-state index is 11.3. The molecule has 1 aliphatic rings. The van der Waals surface area contributed by atoms with Crippen LogP contribution < -0.4 is 0 Å². The molecular weight excluding hydrogens is 288 g/mol. The second kappa shape index (κ2) is 12.6. The molecule has 0 aromatic heterocycles. The van der Waals surface area contributed by atoms with E-state index in [1.807, 2.05) is 0 Å². The molecule has 0 amide bonds. The van der Waals surface area contributed by atoms with Gasteiger partial charge in [-0.05, 0) is 13.3 Å². The van der Waals surface area contributed by atoms with Gasteiger partial charge in [-0.3, -0.25) is 0 Å². The number of carbonyl (C=O) groups is 1. The van der Waals surface area contributed by atoms with Gasteiger partial charge in [-0.2, -0.15) is 0 Å². The van der Waals surface area contributed by atoms with Crippen LogP contribution in [0, 0.1) is 0 Å². The number of esters is 1. The summed E-state index contributed by atoms with van der Waals surface area (Å²) in [5, 5.41) is 0. The predicted molar refractivity (Wildman–Crippen MR) is 95.3 cm³/mol. The van der Waals surface area contributed by atoms with Crippen LogP contribution in [0.3, 0.4) is 0 Å². The van der Waals surface area contributed by atoms with Crippen LogP contribution in [0.5, 0.6) is 0 Å². The monoisotopic (exact) mass is 324 g/mol. The molecule has 3 heteroatoms. The lowest BCUT2D eigenvalue weighted by atomic mass is 10.0. The van der Waals surface area contributed by atoms with Crippen molar-refractivity contribution in [3.63, 3.8) is 0 Å². The van der Waals surface area contributed by atoms with Crippen molar-refractivity contribution in [2.75, 3.05) is 0 Å². The van der Waals surface area contributed by atoms with E-state index in [2.05, 4.69) is 13.5 Å². The maximum atomic E-state index is 11.3. The van der Waals surface area contributed by atoms with Gasteiger partial charge in [0.05, 0.1) is 0 Å². The van der Waals surface area contributed by atoms with Gasteiger partial charge in [0, 0.05) is 5.57 Å². The molecule has 0 spiro atoms. The van der Waals surface area contributed by atoms with E-state index in [4.69, 9.17) is 9.47 Å². The van der Waals surface area contributed by atoms with Crippen molar-refractivity contribution in [3.05, 3.63) is 12.2 Å². The van der Waals surface area contributed by atoms with Gasteiger partial charge < -0.3 is 9.47 Å². The molecular formula is C20H36O3. The normalized spacial score (nSPS) is 19.6. The summed E-state index contributed by atoms with van der Waals surface area (Å²) in [6, 6.07) is 0. The van der Waals surface area contributed by atoms with Crippen LogP contribution >= 0.6 is 0 Å². The van der Waals surface area contributed by atoms with Gasteiger partial charge in [0.2, 0.25) is 6.29 Å². The Morgan fingerprint density at radius 1 is 0.913 bits per heavy atom. The summed E-state index contributed by atoms with van der Waals surface area (Å²) < 4.78 is 10.5. The highest BCUT2D eigenvalue weighted by atomic mass is 16.8. The van der Waals surface area contributed by atoms with Crippen LogP contribution in [0.25, 0.3) is 0 Å². The molecule has 0 N–H and O–H groups in total. The molecule has 134 valence electrons. The van der Waals surface area contributed by atoms with Crippen LogP contribution in [-0.2, 0) is 14.3 Å². The molecule has 0 aromatic carbocycles. The van der Waals surface area contributed by atoms with Gasteiger partial charge in [0.25, 0.3) is 0 Å². The molecule has 0 saturated carbocycles. The van der Waals surface area contributed by atoms with Gasteiger partial charge in [-0.25, -0.2) is 4.79 Å². The van der Waals surface area contributed by atoms with Crippen molar-refractivity contribution in [2.24, 2.45) is 0 Å². The lowest BCUT2D eigenvalue weighted by molar-refractivity contribution is -0.143. The Labute approximate surface area is 142 Å². The number of hydrogen-bond acceptors (Lipinski definition) is 3. The first-order chi connectivity index (χ1) is 11.1. The van der Waals surface area contributed by atoms with Crippen LogP contribution in [-0.4, -0.2) is 18.4 Å². The summed E-state index contributed by atoms with van der Waals surface area (Å²) in [7, 11) is 0. The van der Waals surface area contributed by atoms with Gasteiger partial charge >= 0.3 is 5.97 Å². The summed E-state index contributed by atoms with van der Waals surface area (Å²) in [5.74, 6) is -0.341. The summed E-state index contributed by atoms with van der Waals surface area (Å²) in [4.78, 5) is 11.3. The zero-order valence-electron chi connectivity index (χ0n) is 15.3. The molecule has 1 rings (SSSR count). The van der Waals surface area contributed by atoms with E-state index in [1.165, 1.54) is 77.0 Å². The Kier molecular flexibility index (Phi) is 11.1. The highest BCUT2D eigenvalue weighted by Gasteiger charge is 2.41. The average molecular weight is 325 g/mol. The third-order valence-corrected chi connectivity index (χ3v) is 4.45. The van der Waals surface area contributed by atoms with E-state index in [0.717, 1.165) is 6.42 Å². The quantitative estimate of drug-likeness (QED) is 0.162. The number of ether oxygens (including phenoxy) is 2. The molecule has 0 bridgehead atoms. The first-order valence-corrected chi connectivity index (χ1v) is 9.67. The van der Waals surface area contributed by atoms with Crippen LogP contribution in [0.2, 0.25) is 0 Å². The van der Waals surface area contributed by atoms with Crippen molar-refractivity contribution < 1.29 is 14.3 Å². The maximum Gasteiger partial charge on any atom is 0.335 e. The SMILES string of the molecule is C=C(C)C(=O)OC1OC1CCCCCCCCCCCCCC. The van der Waals surface area contributed by atoms with E-state index in [0.29, 0.717) is 5.57 Å². The minimum atomic E-state index is -0.341. The van der Waals surface area contributed by atoms with E-state index < -0.39 is 0 Å². The van der Waals surface area contributed by atoms with Gasteiger partial charge in [-0.1, -0.05) is 90.6 Å². The molecule has 1 saturated heterocycles. The summed E-state index contributed by atoms with van der Waals surface area (Å²) in [6.45, 7) is 7.49. The van der Waals surface area contributed by atoms with Crippen molar-refractivity contribution in [3.8, 4) is 0 Å². The molecule has 2 atom stereocenters. The first-order valence-electron chi connectivity index (χ1n) is 9.67. The lowest BCUT2D eigenvalue weighted by Gasteiger charge is -2.02. The molecule has 1 heterocycles. The summed E-state index contributed by atoms with van der Waals surface area (Å²) >= 11 is 0. The largest absolute Gasteiger partial charge is 0.429 e. The molecule has 0 aromatic rings. The highest BCUT2D eigenvalue weighted by Crippen LogP contribution is 2.29. The van der Waals surface area contributed by atoms with Crippen molar-refractivity contribution >= 4 is 5.97 Å². The lowest BCUT2D eigenvalue weighted by Crippen LogP contribution is -2.09. The van der Waals surface area contributed by atoms with Crippen LogP contribution in [0.15, 0.2) is 12.2 Å². The van der Waals surface area contributed by atoms with Crippen molar-refractivity contribution in [1.82, 2.24) is 0 Å². The number of epoxide rings is 1. The highest BCUT2D eigenvalue weighted by molar-refractivity contribution is 5.87. The minimum absolute atomic E-state index is 0.126. The Hall–Kier alpha value is -0.830. The zero-order chi connectivity index (χ0) is 16.9. The average Bonchev–Trinajstić information content (AvgIpc) is 3.26. The topological polar surface area (TPSA) is 38.8 Å². The van der Waals surface area contributed by atoms with Crippen molar-refractivity contribution in [2.45, 2.75) is 110 Å². The number of carbonyl (C=O) groups excluding carboxylic acids is 1. The molecule has 2 unspecified atom stereocenters. The number of hydrogen-bond donors (Lipinski definition) is 0. The zero-order valence-corrected chi connectivity index (χ0v) is 15.3. The standard InChI is InChI=1S/C20H36O3/c1-4-5-6-7-8-9-10-11-12-13-14-15-16-18-20(22-18)23-19(21)17(2)3/h18,20H,2,4-16H2,1,3H3. The minimum Gasteiger partial charge on any atom is -0.429 e. The van der Waals surface area contributed by atoms with E-state index in [-0.39, 0.29) is 18.4 Å². The molecule has 3 nitrogen and oxygen atoms in total. The molecule has 0 radical (unpaired) electrons. The summed E-state index contributed by atoms with van der Waals surface area (Å²) in [5.41, 5.74) is 0.435. The van der Waals surface area contributed by atoms with Crippen LogP contribution in [0.4, 0.5) is 0 Å². The molecule has 1 fully saturated rings. The van der Waals surface area contributed by atoms with Crippen molar-refractivity contribution in [1.29, 1.82) is 0 Å². The predicted octanol–water partition coefficient (Wildman–Crippen LogP) is 5.92. The van der Waals surface area contributed by atoms with Gasteiger partial charge in [0.15, 0.2) is 0 Å². The Balaban J connectivity index is 1.78. The third-order valence-electron chi connectivity index (χ3n) is 4.45.